The Morgan fingerprint density at radius 1 is 1.00 bits per heavy atom. The number of hydrogen-bond donors (Lipinski definition) is 1. The van der Waals surface area contributed by atoms with Crippen LogP contribution in [0.15, 0.2) is 48.5 Å². The zero-order valence-electron chi connectivity index (χ0n) is 22.2. The van der Waals surface area contributed by atoms with Gasteiger partial charge < -0.3 is 15.0 Å². The summed E-state index contributed by atoms with van der Waals surface area (Å²) in [7, 11) is -3.84. The molecule has 0 unspecified atom stereocenters. The average molecular weight is 518 g/mol. The van der Waals surface area contributed by atoms with E-state index in [1.165, 1.54) is 4.90 Å². The summed E-state index contributed by atoms with van der Waals surface area (Å²) in [6.07, 6.45) is 2.19. The quantitative estimate of drug-likeness (QED) is 0.435. The Balaban J connectivity index is 2.47. The van der Waals surface area contributed by atoms with Crippen LogP contribution < -0.4 is 14.4 Å². The van der Waals surface area contributed by atoms with Crippen LogP contribution >= 0.6 is 0 Å². The monoisotopic (exact) mass is 517 g/mol. The third-order valence-electron chi connectivity index (χ3n) is 5.97. The molecule has 0 radical (unpaired) electrons. The van der Waals surface area contributed by atoms with E-state index in [-0.39, 0.29) is 24.2 Å². The van der Waals surface area contributed by atoms with Gasteiger partial charge in [0.15, 0.2) is 0 Å². The van der Waals surface area contributed by atoms with Crippen molar-refractivity contribution >= 4 is 27.5 Å². The fourth-order valence-corrected chi connectivity index (χ4v) is 4.64. The second-order valence-corrected chi connectivity index (χ2v) is 10.8. The number of nitrogens with one attached hydrogen (secondary N) is 1. The van der Waals surface area contributed by atoms with Crippen LogP contribution in [-0.4, -0.2) is 56.6 Å². The number of carbonyl (C=O) groups is 2. The van der Waals surface area contributed by atoms with Gasteiger partial charge in [-0.2, -0.15) is 0 Å². The number of sulfonamides is 1. The first kappa shape index (κ1) is 29.2. The molecule has 0 aliphatic rings. The van der Waals surface area contributed by atoms with Gasteiger partial charge in [0.25, 0.3) is 0 Å². The van der Waals surface area contributed by atoms with E-state index >= 15 is 0 Å². The highest BCUT2D eigenvalue weighted by atomic mass is 32.2. The summed E-state index contributed by atoms with van der Waals surface area (Å²) < 4.78 is 32.3. The molecule has 0 fully saturated rings. The molecule has 2 aromatic carbocycles. The maximum absolute atomic E-state index is 13.8. The molecule has 0 spiro atoms. The number of ether oxygens (including phenoxy) is 1. The van der Waals surface area contributed by atoms with E-state index in [1.807, 2.05) is 52.0 Å². The van der Waals surface area contributed by atoms with Crippen LogP contribution in [0.3, 0.4) is 0 Å². The Bertz CT molecular complexity index is 1120. The molecule has 198 valence electrons. The molecule has 9 heteroatoms. The summed E-state index contributed by atoms with van der Waals surface area (Å²) in [5.74, 6) is -0.365. The lowest BCUT2D eigenvalue weighted by atomic mass is 10.1. The highest BCUT2D eigenvalue weighted by molar-refractivity contribution is 7.92. The first-order chi connectivity index (χ1) is 17.0. The van der Waals surface area contributed by atoms with Crippen molar-refractivity contribution in [1.82, 2.24) is 10.2 Å². The molecular formula is C27H39N3O5S. The van der Waals surface area contributed by atoms with Gasteiger partial charge in [-0.3, -0.25) is 13.9 Å². The third kappa shape index (κ3) is 7.98. The summed E-state index contributed by atoms with van der Waals surface area (Å²) in [4.78, 5) is 28.4. The summed E-state index contributed by atoms with van der Waals surface area (Å²) in [6.45, 7) is 9.56. The maximum atomic E-state index is 13.8. The average Bonchev–Trinajstić information content (AvgIpc) is 2.83. The van der Waals surface area contributed by atoms with Gasteiger partial charge in [-0.1, -0.05) is 55.8 Å². The van der Waals surface area contributed by atoms with Crippen LogP contribution in [0.2, 0.25) is 0 Å². The van der Waals surface area contributed by atoms with Crippen LogP contribution in [0.4, 0.5) is 5.69 Å². The minimum atomic E-state index is -3.84. The number of anilines is 1. The van der Waals surface area contributed by atoms with Crippen molar-refractivity contribution in [1.29, 1.82) is 0 Å². The molecule has 1 N–H and O–H groups in total. The topological polar surface area (TPSA) is 96.0 Å². The second kappa shape index (κ2) is 13.3. The lowest BCUT2D eigenvalue weighted by Crippen LogP contribution is -2.53. The molecule has 0 aromatic heterocycles. The van der Waals surface area contributed by atoms with Crippen molar-refractivity contribution in [3.05, 3.63) is 59.7 Å². The highest BCUT2D eigenvalue weighted by Gasteiger charge is 2.32. The standard InChI is InChI=1S/C27H39N3O5S/c1-7-21(5)28-27(32)23(8-2)29(18-22-16-14-20(4)15-17-22)26(31)19-30(36(6,33)34)24-12-10-11-13-25(24)35-9-3/h10-17,21,23H,7-9,18-19H2,1-6H3,(H,28,32)/t21-,23+/m1/s1. The van der Waals surface area contributed by atoms with Gasteiger partial charge in [0.2, 0.25) is 21.8 Å². The Kier molecular flexibility index (Phi) is 10.8. The largest absolute Gasteiger partial charge is 0.492 e. The maximum Gasteiger partial charge on any atom is 0.244 e. The number of aryl methyl sites for hydroxylation is 1. The molecule has 0 aliphatic carbocycles. The molecule has 2 amide bonds. The van der Waals surface area contributed by atoms with Crippen molar-refractivity contribution in [2.75, 3.05) is 23.7 Å². The lowest BCUT2D eigenvalue weighted by molar-refractivity contribution is -0.140. The van der Waals surface area contributed by atoms with Crippen molar-refractivity contribution in [2.24, 2.45) is 0 Å². The summed E-state index contributed by atoms with van der Waals surface area (Å²) >= 11 is 0. The van der Waals surface area contributed by atoms with Gasteiger partial charge in [0.05, 0.1) is 18.6 Å². The number of nitrogens with zero attached hydrogens (tertiary/aromatic N) is 2. The summed E-state index contributed by atoms with van der Waals surface area (Å²) in [6, 6.07) is 13.6. The van der Waals surface area contributed by atoms with E-state index in [2.05, 4.69) is 5.32 Å². The lowest BCUT2D eigenvalue weighted by Gasteiger charge is -2.33. The predicted molar refractivity (Wildman–Crippen MR) is 144 cm³/mol. The summed E-state index contributed by atoms with van der Waals surface area (Å²) in [5, 5.41) is 2.97. The number of amides is 2. The van der Waals surface area contributed by atoms with E-state index in [1.54, 1.807) is 31.2 Å². The second-order valence-electron chi connectivity index (χ2n) is 8.92. The van der Waals surface area contributed by atoms with Crippen LogP contribution in [-0.2, 0) is 26.2 Å². The SMILES string of the molecule is CCOc1ccccc1N(CC(=O)N(Cc1ccc(C)cc1)[C@@H](CC)C(=O)N[C@H](C)CC)S(C)(=O)=O. The number of hydrogen-bond acceptors (Lipinski definition) is 5. The molecular weight excluding hydrogens is 478 g/mol. The third-order valence-corrected chi connectivity index (χ3v) is 7.10. The fraction of sp³-hybridized carbons (Fsp3) is 0.481. The van der Waals surface area contributed by atoms with Gasteiger partial charge in [-0.05, 0) is 51.3 Å². The van der Waals surface area contributed by atoms with Gasteiger partial charge in [0, 0.05) is 12.6 Å². The molecule has 0 bridgehead atoms. The zero-order chi connectivity index (χ0) is 26.9. The smallest absolute Gasteiger partial charge is 0.244 e. The molecule has 2 atom stereocenters. The Hall–Kier alpha value is -3.07. The van der Waals surface area contributed by atoms with Crippen molar-refractivity contribution in [2.45, 2.75) is 66.1 Å². The van der Waals surface area contributed by atoms with Crippen LogP contribution in [0, 0.1) is 6.92 Å². The fourth-order valence-electron chi connectivity index (χ4n) is 3.79. The molecule has 2 aromatic rings. The molecule has 0 aliphatic heterocycles. The van der Waals surface area contributed by atoms with E-state index in [9.17, 15) is 18.0 Å². The van der Waals surface area contributed by atoms with Crippen molar-refractivity contribution in [3.63, 3.8) is 0 Å². The zero-order valence-corrected chi connectivity index (χ0v) is 23.0. The van der Waals surface area contributed by atoms with E-state index in [4.69, 9.17) is 4.74 Å². The summed E-state index contributed by atoms with van der Waals surface area (Å²) in [5.41, 5.74) is 2.21. The van der Waals surface area contributed by atoms with Crippen molar-refractivity contribution in [3.8, 4) is 5.75 Å². The minimum absolute atomic E-state index is 0.0477. The minimum Gasteiger partial charge on any atom is -0.492 e. The number of rotatable bonds is 13. The molecule has 0 saturated carbocycles. The first-order valence-corrected chi connectivity index (χ1v) is 14.2. The van der Waals surface area contributed by atoms with Crippen molar-refractivity contribution < 1.29 is 22.7 Å². The normalized spacial score (nSPS) is 12.9. The molecule has 0 heterocycles. The van der Waals surface area contributed by atoms with Gasteiger partial charge in [-0.25, -0.2) is 8.42 Å². The van der Waals surface area contributed by atoms with Gasteiger partial charge in [-0.15, -0.1) is 0 Å². The van der Waals surface area contributed by atoms with E-state index in [0.29, 0.717) is 18.8 Å². The molecule has 8 nitrogen and oxygen atoms in total. The van der Waals surface area contributed by atoms with E-state index in [0.717, 1.165) is 28.1 Å². The predicted octanol–water partition coefficient (Wildman–Crippen LogP) is 3.88. The van der Waals surface area contributed by atoms with Gasteiger partial charge in [0.1, 0.15) is 18.3 Å². The van der Waals surface area contributed by atoms with Crippen LogP contribution in [0.1, 0.15) is 51.7 Å². The van der Waals surface area contributed by atoms with E-state index < -0.39 is 28.5 Å². The Labute approximate surface area is 215 Å². The Morgan fingerprint density at radius 2 is 1.64 bits per heavy atom. The number of carbonyl (C=O) groups excluding carboxylic acids is 2. The van der Waals surface area contributed by atoms with Crippen LogP contribution in [0.25, 0.3) is 0 Å². The molecule has 0 saturated heterocycles. The molecule has 2 rings (SSSR count). The highest BCUT2D eigenvalue weighted by Crippen LogP contribution is 2.30. The Morgan fingerprint density at radius 3 is 2.19 bits per heavy atom. The van der Waals surface area contributed by atoms with Gasteiger partial charge >= 0.3 is 0 Å². The number of benzene rings is 2. The molecule has 36 heavy (non-hydrogen) atoms. The number of para-hydroxylation sites is 2. The van der Waals surface area contributed by atoms with Crippen LogP contribution in [0.5, 0.6) is 5.75 Å². The first-order valence-electron chi connectivity index (χ1n) is 12.4.